The van der Waals surface area contributed by atoms with Gasteiger partial charge < -0.3 is 29.2 Å². The number of fused-ring (bicyclic) bond motifs is 2. The number of halogens is 1. The first kappa shape index (κ1) is 30.1. The summed E-state index contributed by atoms with van der Waals surface area (Å²) in [6.07, 6.45) is 0.502. The monoisotopic (exact) mass is 627 g/mol. The molecule has 4 aliphatic rings. The van der Waals surface area contributed by atoms with Crippen LogP contribution >= 0.6 is 11.6 Å². The Morgan fingerprint density at radius 3 is 2.65 bits per heavy atom. The van der Waals surface area contributed by atoms with Crippen molar-refractivity contribution in [3.05, 3.63) is 58.6 Å². The number of carbonyl (C=O) groups is 3. The predicted molar refractivity (Wildman–Crippen MR) is 163 cm³/mol. The van der Waals surface area contributed by atoms with E-state index < -0.39 is 37.6 Å². The number of aliphatic hydroxyl groups is 1. The van der Waals surface area contributed by atoms with Crippen LogP contribution in [-0.4, -0.2) is 79.5 Å². The number of likely N-dealkylation sites (tertiary alicyclic amines) is 1. The second kappa shape index (κ2) is 11.2. The minimum atomic E-state index is -2.96. The van der Waals surface area contributed by atoms with E-state index in [0.717, 1.165) is 18.4 Å². The van der Waals surface area contributed by atoms with Crippen LogP contribution < -0.4 is 9.80 Å². The number of rotatable bonds is 7. The van der Waals surface area contributed by atoms with Gasteiger partial charge in [0.1, 0.15) is 6.61 Å². The Labute approximate surface area is 257 Å². The summed E-state index contributed by atoms with van der Waals surface area (Å²) in [4.78, 5) is 56.8. The molecule has 6 rings (SSSR count). The largest absolute Gasteiger partial charge is 0.447 e. The molecule has 0 saturated carbocycles. The van der Waals surface area contributed by atoms with E-state index in [-0.39, 0.29) is 37.4 Å². The van der Waals surface area contributed by atoms with Crippen LogP contribution in [0.25, 0.3) is 0 Å². The first-order valence-corrected chi connectivity index (χ1v) is 18.3. The fourth-order valence-electron chi connectivity index (χ4n) is 7.68. The van der Waals surface area contributed by atoms with Gasteiger partial charge in [-0.3, -0.25) is 14.5 Å². The van der Waals surface area contributed by atoms with Crippen molar-refractivity contribution < 1.29 is 33.8 Å². The van der Waals surface area contributed by atoms with Crippen LogP contribution in [0.1, 0.15) is 37.3 Å². The highest BCUT2D eigenvalue weighted by Crippen LogP contribution is 2.60. The third kappa shape index (κ3) is 5.04. The van der Waals surface area contributed by atoms with Crippen LogP contribution in [0.3, 0.4) is 0 Å². The third-order valence-electron chi connectivity index (χ3n) is 9.55. The first-order valence-electron chi connectivity index (χ1n) is 14.9. The highest BCUT2D eigenvalue weighted by Gasteiger charge is 2.66. The van der Waals surface area contributed by atoms with E-state index in [0.29, 0.717) is 41.7 Å². The summed E-state index contributed by atoms with van der Waals surface area (Å²) in [6.45, 7) is 7.06. The number of amides is 3. The van der Waals surface area contributed by atoms with Crippen molar-refractivity contribution in [3.63, 3.8) is 0 Å². The molecule has 0 unspecified atom stereocenters. The minimum absolute atomic E-state index is 0.0153. The number of ether oxygens (including phenoxy) is 2. The highest BCUT2D eigenvalue weighted by atomic mass is 35.5. The van der Waals surface area contributed by atoms with E-state index in [1.54, 1.807) is 26.8 Å². The topological polar surface area (TPSA) is 120 Å². The van der Waals surface area contributed by atoms with Crippen molar-refractivity contribution in [2.45, 2.75) is 69.1 Å². The molecule has 43 heavy (non-hydrogen) atoms. The molecule has 4 aliphatic heterocycles. The van der Waals surface area contributed by atoms with Crippen LogP contribution in [0.5, 0.6) is 0 Å². The zero-order chi connectivity index (χ0) is 30.7. The van der Waals surface area contributed by atoms with Gasteiger partial charge in [0.2, 0.25) is 5.91 Å². The number of carbonyl (C=O) groups excluding carboxylic acids is 3. The highest BCUT2D eigenvalue weighted by molar-refractivity contribution is 6.71. The van der Waals surface area contributed by atoms with Gasteiger partial charge in [0.05, 0.1) is 44.0 Å². The molecule has 4 heterocycles. The van der Waals surface area contributed by atoms with Crippen molar-refractivity contribution in [1.29, 1.82) is 0 Å². The second-order valence-electron chi connectivity index (χ2n) is 12.6. The third-order valence-corrected chi connectivity index (χ3v) is 12.3. The van der Waals surface area contributed by atoms with Crippen molar-refractivity contribution in [2.75, 3.05) is 36.1 Å². The summed E-state index contributed by atoms with van der Waals surface area (Å²) in [5, 5.41) is 10.3. The quantitative estimate of drug-likeness (QED) is 0.445. The van der Waals surface area contributed by atoms with Gasteiger partial charge >= 0.3 is 6.09 Å². The minimum Gasteiger partial charge on any atom is -0.447 e. The number of benzene rings is 2. The number of aliphatic hydroxyl groups excluding tert-OH is 1. The number of anilines is 2. The Bertz CT molecular complexity index is 1450. The standard InChI is InChI=1S/C31H38ClN3O7Si/c1-19-28(43(2,3)40)26(16-27(37)33-11-5-8-23(33)18-36)42-31(19)24-15-21(32)9-10-25(24)35(29(31)38)17-20-6-4-7-22(14-20)34-12-13-41-30(34)39/h4,6-7,9-10,14-15,19,23,26,28,36,40H,5,8,11-13,16-18H2,1-3H3/t19-,23-,26+,28-,31+/m0/s1. The van der Waals surface area contributed by atoms with E-state index in [4.69, 9.17) is 21.1 Å². The lowest BCUT2D eigenvalue weighted by Gasteiger charge is -2.33. The van der Waals surface area contributed by atoms with Gasteiger partial charge in [-0.2, -0.15) is 0 Å². The lowest BCUT2D eigenvalue weighted by Crippen LogP contribution is -2.46. The molecule has 2 aromatic rings. The molecule has 0 bridgehead atoms. The summed E-state index contributed by atoms with van der Waals surface area (Å²) in [5.74, 6) is -0.847. The Hall–Kier alpha value is -2.96. The van der Waals surface area contributed by atoms with Crippen molar-refractivity contribution in [1.82, 2.24) is 4.90 Å². The van der Waals surface area contributed by atoms with Crippen LogP contribution in [0.4, 0.5) is 16.2 Å². The molecule has 1 spiro atoms. The maximum atomic E-state index is 14.6. The van der Waals surface area contributed by atoms with Crippen molar-refractivity contribution in [2.24, 2.45) is 5.92 Å². The SMILES string of the molecule is C[C@H]1[C@H]([Si](C)(C)O)[C@@H](CC(=O)N2CCC[C@H]2CO)O[C@]12C(=O)N(Cc1cccc(N3CCOC3=O)c1)c1ccc(Cl)cc12. The summed E-state index contributed by atoms with van der Waals surface area (Å²) in [7, 11) is -2.96. The number of cyclic esters (lactones) is 1. The van der Waals surface area contributed by atoms with Crippen molar-refractivity contribution >= 4 is 49.2 Å². The van der Waals surface area contributed by atoms with Gasteiger partial charge in [0.25, 0.3) is 5.91 Å². The maximum Gasteiger partial charge on any atom is 0.414 e. The molecule has 3 amide bonds. The Morgan fingerprint density at radius 1 is 1.16 bits per heavy atom. The Kier molecular flexibility index (Phi) is 7.83. The second-order valence-corrected chi connectivity index (χ2v) is 17.0. The zero-order valence-electron chi connectivity index (χ0n) is 24.7. The molecule has 0 aliphatic carbocycles. The molecule has 10 nitrogen and oxygen atoms in total. The molecule has 0 aromatic heterocycles. The van der Waals surface area contributed by atoms with E-state index in [2.05, 4.69) is 0 Å². The van der Waals surface area contributed by atoms with Gasteiger partial charge in [-0.05, 0) is 61.8 Å². The number of hydrogen-bond acceptors (Lipinski definition) is 7. The van der Waals surface area contributed by atoms with Gasteiger partial charge in [-0.15, -0.1) is 0 Å². The lowest BCUT2D eigenvalue weighted by molar-refractivity contribution is -0.150. The Balaban J connectivity index is 1.35. The summed E-state index contributed by atoms with van der Waals surface area (Å²) < 4.78 is 11.9. The summed E-state index contributed by atoms with van der Waals surface area (Å²) in [6, 6.07) is 12.5. The van der Waals surface area contributed by atoms with E-state index in [9.17, 15) is 24.3 Å². The van der Waals surface area contributed by atoms with Gasteiger partial charge in [0.15, 0.2) is 13.9 Å². The van der Waals surface area contributed by atoms with E-state index in [1.807, 2.05) is 50.3 Å². The Morgan fingerprint density at radius 2 is 1.95 bits per heavy atom. The first-order chi connectivity index (χ1) is 20.5. The molecule has 3 fully saturated rings. The van der Waals surface area contributed by atoms with Gasteiger partial charge in [-0.1, -0.05) is 30.7 Å². The van der Waals surface area contributed by atoms with Crippen LogP contribution in [-0.2, 0) is 31.2 Å². The molecule has 12 heteroatoms. The van der Waals surface area contributed by atoms with Crippen LogP contribution in [0, 0.1) is 5.92 Å². The summed E-state index contributed by atoms with van der Waals surface area (Å²) in [5.41, 5.74) is 0.962. The van der Waals surface area contributed by atoms with Crippen molar-refractivity contribution in [3.8, 4) is 0 Å². The molecule has 3 saturated heterocycles. The molecular formula is C31H38ClN3O7Si. The summed E-state index contributed by atoms with van der Waals surface area (Å²) >= 11 is 6.50. The average Bonchev–Trinajstić information content (AvgIpc) is 3.72. The fourth-order valence-corrected chi connectivity index (χ4v) is 10.4. The number of hydrogen-bond donors (Lipinski definition) is 2. The molecule has 230 valence electrons. The number of nitrogens with zero attached hydrogens (tertiary/aromatic N) is 3. The average molecular weight is 628 g/mol. The van der Waals surface area contributed by atoms with Gasteiger partial charge in [-0.25, -0.2) is 4.79 Å². The fraction of sp³-hybridized carbons (Fsp3) is 0.516. The van der Waals surface area contributed by atoms with Gasteiger partial charge in [0, 0.05) is 34.3 Å². The molecule has 0 radical (unpaired) electrons. The lowest BCUT2D eigenvalue weighted by atomic mass is 9.82. The predicted octanol–water partition coefficient (Wildman–Crippen LogP) is 4.01. The zero-order valence-corrected chi connectivity index (χ0v) is 26.4. The smallest absolute Gasteiger partial charge is 0.414 e. The van der Waals surface area contributed by atoms with Crippen LogP contribution in [0.15, 0.2) is 42.5 Å². The molecular weight excluding hydrogens is 590 g/mol. The molecule has 2 aromatic carbocycles. The van der Waals surface area contributed by atoms with E-state index >= 15 is 0 Å². The maximum absolute atomic E-state index is 14.6. The van der Waals surface area contributed by atoms with Crippen LogP contribution in [0.2, 0.25) is 23.7 Å². The van der Waals surface area contributed by atoms with E-state index in [1.165, 1.54) is 0 Å². The normalized spacial score (nSPS) is 28.7. The molecule has 2 N–H and O–H groups in total. The molecule has 5 atom stereocenters.